The first-order valence-corrected chi connectivity index (χ1v) is 8.90. The van der Waals surface area contributed by atoms with E-state index in [0.717, 1.165) is 19.9 Å². The van der Waals surface area contributed by atoms with E-state index in [2.05, 4.69) is 42.2 Å². The van der Waals surface area contributed by atoms with E-state index in [1.807, 2.05) is 48.5 Å². The minimum absolute atomic E-state index is 0.0707. The highest BCUT2D eigenvalue weighted by molar-refractivity contribution is 9.11. The third kappa shape index (κ3) is 3.94. The van der Waals surface area contributed by atoms with Crippen molar-refractivity contribution in [2.75, 3.05) is 6.61 Å². The first kappa shape index (κ1) is 16.9. The van der Waals surface area contributed by atoms with E-state index in [1.54, 1.807) is 6.20 Å². The Kier molecular flexibility index (Phi) is 5.48. The van der Waals surface area contributed by atoms with Gasteiger partial charge >= 0.3 is 0 Å². The van der Waals surface area contributed by atoms with E-state index in [9.17, 15) is 4.79 Å². The molecular weight excluding hydrogens is 436 g/mol. The minimum Gasteiger partial charge on any atom is -0.480 e. The third-order valence-corrected chi connectivity index (χ3v) is 4.68. The summed E-state index contributed by atoms with van der Waals surface area (Å²) in [4.78, 5) is 16.4. The van der Waals surface area contributed by atoms with Crippen molar-refractivity contribution < 1.29 is 9.53 Å². The number of hydrogen-bond acceptors (Lipinski definition) is 3. The van der Waals surface area contributed by atoms with Crippen LogP contribution >= 0.6 is 31.9 Å². The standard InChI is InChI=1S/C18H14Br2N2O2/c19-14-9-15(20)18(17-13(14)7-4-8-21-17)24-11-16(23)22-10-12-5-2-1-3-6-12/h1-9H,10-11H2,(H,22,23). The number of pyridine rings is 1. The second kappa shape index (κ2) is 7.77. The van der Waals surface area contributed by atoms with Crippen LogP contribution in [0.15, 0.2) is 63.7 Å². The van der Waals surface area contributed by atoms with Crippen LogP contribution in [0.1, 0.15) is 5.56 Å². The topological polar surface area (TPSA) is 51.2 Å². The lowest BCUT2D eigenvalue weighted by molar-refractivity contribution is -0.123. The molecule has 2 aromatic carbocycles. The monoisotopic (exact) mass is 448 g/mol. The van der Waals surface area contributed by atoms with Gasteiger partial charge in [0.25, 0.3) is 5.91 Å². The molecule has 0 unspecified atom stereocenters. The molecule has 0 spiro atoms. The lowest BCUT2D eigenvalue weighted by Crippen LogP contribution is -2.28. The zero-order valence-electron chi connectivity index (χ0n) is 12.6. The highest BCUT2D eigenvalue weighted by Gasteiger charge is 2.13. The van der Waals surface area contributed by atoms with Crippen LogP contribution in [0.25, 0.3) is 10.9 Å². The molecule has 0 fully saturated rings. The van der Waals surface area contributed by atoms with Crippen LogP contribution < -0.4 is 10.1 Å². The van der Waals surface area contributed by atoms with E-state index in [0.29, 0.717) is 17.8 Å². The smallest absolute Gasteiger partial charge is 0.258 e. The number of ether oxygens (including phenoxy) is 1. The van der Waals surface area contributed by atoms with Gasteiger partial charge in [-0.15, -0.1) is 0 Å². The second-order valence-corrected chi connectivity index (χ2v) is 6.83. The van der Waals surface area contributed by atoms with Crippen LogP contribution in [-0.4, -0.2) is 17.5 Å². The van der Waals surface area contributed by atoms with Crippen LogP contribution in [0.5, 0.6) is 5.75 Å². The summed E-state index contributed by atoms with van der Waals surface area (Å²) in [5, 5.41) is 3.77. The van der Waals surface area contributed by atoms with Gasteiger partial charge in [-0.3, -0.25) is 9.78 Å². The number of nitrogens with zero attached hydrogens (tertiary/aromatic N) is 1. The van der Waals surface area contributed by atoms with Gasteiger partial charge in [0.1, 0.15) is 5.52 Å². The van der Waals surface area contributed by atoms with Crippen molar-refractivity contribution in [1.82, 2.24) is 10.3 Å². The van der Waals surface area contributed by atoms with Crippen molar-refractivity contribution in [2.24, 2.45) is 0 Å². The molecule has 0 aliphatic carbocycles. The molecule has 24 heavy (non-hydrogen) atoms. The molecule has 6 heteroatoms. The van der Waals surface area contributed by atoms with Crippen LogP contribution in [0.2, 0.25) is 0 Å². The van der Waals surface area contributed by atoms with Gasteiger partial charge in [-0.05, 0) is 33.6 Å². The third-order valence-electron chi connectivity index (χ3n) is 3.43. The predicted molar refractivity (Wildman–Crippen MR) is 101 cm³/mol. The fraction of sp³-hybridized carbons (Fsp3) is 0.111. The maximum Gasteiger partial charge on any atom is 0.258 e. The molecule has 4 nitrogen and oxygen atoms in total. The summed E-state index contributed by atoms with van der Waals surface area (Å²) in [5.74, 6) is 0.376. The van der Waals surface area contributed by atoms with E-state index >= 15 is 0 Å². The summed E-state index contributed by atoms with van der Waals surface area (Å²) in [6.45, 7) is 0.405. The predicted octanol–water partition coefficient (Wildman–Crippen LogP) is 4.46. The molecule has 1 heterocycles. The fourth-order valence-electron chi connectivity index (χ4n) is 2.27. The SMILES string of the molecule is O=C(COc1c(Br)cc(Br)c2cccnc12)NCc1ccccc1. The molecule has 0 radical (unpaired) electrons. The maximum atomic E-state index is 12.0. The number of carbonyl (C=O) groups excluding carboxylic acids is 1. The lowest BCUT2D eigenvalue weighted by Gasteiger charge is -2.12. The zero-order valence-corrected chi connectivity index (χ0v) is 15.8. The average Bonchev–Trinajstić information content (AvgIpc) is 2.60. The van der Waals surface area contributed by atoms with Crippen LogP contribution in [0, 0.1) is 0 Å². The fourth-order valence-corrected chi connectivity index (χ4v) is 3.66. The Hall–Kier alpha value is -1.92. The molecule has 122 valence electrons. The Morgan fingerprint density at radius 1 is 1.08 bits per heavy atom. The molecule has 0 atom stereocenters. The van der Waals surface area contributed by atoms with Crippen LogP contribution in [-0.2, 0) is 11.3 Å². The number of aromatic nitrogens is 1. The Balaban J connectivity index is 1.68. The molecule has 1 amide bonds. The number of benzene rings is 2. The van der Waals surface area contributed by atoms with Crippen molar-refractivity contribution in [3.05, 3.63) is 69.2 Å². The number of amides is 1. The van der Waals surface area contributed by atoms with E-state index in [-0.39, 0.29) is 12.5 Å². The maximum absolute atomic E-state index is 12.0. The summed E-state index contributed by atoms with van der Waals surface area (Å²) < 4.78 is 7.37. The number of fused-ring (bicyclic) bond motifs is 1. The first-order chi connectivity index (χ1) is 11.6. The van der Waals surface area contributed by atoms with Gasteiger partial charge in [0.05, 0.1) is 4.47 Å². The molecule has 1 N–H and O–H groups in total. The first-order valence-electron chi connectivity index (χ1n) is 7.31. The Morgan fingerprint density at radius 3 is 2.67 bits per heavy atom. The highest BCUT2D eigenvalue weighted by Crippen LogP contribution is 2.37. The summed E-state index contributed by atoms with van der Waals surface area (Å²) in [7, 11) is 0. The molecule has 0 bridgehead atoms. The Bertz CT molecular complexity index is 870. The van der Waals surface area contributed by atoms with E-state index in [1.165, 1.54) is 0 Å². The molecule has 3 rings (SSSR count). The van der Waals surface area contributed by atoms with E-state index in [4.69, 9.17) is 4.74 Å². The zero-order chi connectivity index (χ0) is 16.9. The average molecular weight is 450 g/mol. The number of rotatable bonds is 5. The minimum atomic E-state index is -0.183. The normalized spacial score (nSPS) is 10.6. The van der Waals surface area contributed by atoms with Gasteiger partial charge in [0, 0.05) is 22.6 Å². The van der Waals surface area contributed by atoms with Crippen molar-refractivity contribution in [2.45, 2.75) is 6.54 Å². The van der Waals surface area contributed by atoms with Crippen LogP contribution in [0.3, 0.4) is 0 Å². The van der Waals surface area contributed by atoms with Gasteiger partial charge in [0.15, 0.2) is 12.4 Å². The molecule has 3 aromatic rings. The molecule has 1 aromatic heterocycles. The van der Waals surface area contributed by atoms with Crippen molar-refractivity contribution >= 4 is 48.7 Å². The molecule has 0 aliphatic heterocycles. The largest absolute Gasteiger partial charge is 0.480 e. The quantitative estimate of drug-likeness (QED) is 0.625. The summed E-state index contributed by atoms with van der Waals surface area (Å²) in [6.07, 6.45) is 1.70. The number of carbonyl (C=O) groups is 1. The molecule has 0 aliphatic rings. The molecule has 0 saturated carbocycles. The lowest BCUT2D eigenvalue weighted by atomic mass is 10.2. The highest BCUT2D eigenvalue weighted by atomic mass is 79.9. The van der Waals surface area contributed by atoms with Crippen molar-refractivity contribution in [1.29, 1.82) is 0 Å². The van der Waals surface area contributed by atoms with Crippen molar-refractivity contribution in [3.8, 4) is 5.75 Å². The Labute approximate surface area is 156 Å². The van der Waals surface area contributed by atoms with Gasteiger partial charge < -0.3 is 10.1 Å². The number of nitrogens with one attached hydrogen (secondary N) is 1. The summed E-state index contributed by atoms with van der Waals surface area (Å²) >= 11 is 6.98. The van der Waals surface area contributed by atoms with E-state index < -0.39 is 0 Å². The van der Waals surface area contributed by atoms with Crippen LogP contribution in [0.4, 0.5) is 0 Å². The van der Waals surface area contributed by atoms with Crippen molar-refractivity contribution in [3.63, 3.8) is 0 Å². The van der Waals surface area contributed by atoms with Gasteiger partial charge in [-0.2, -0.15) is 0 Å². The van der Waals surface area contributed by atoms with Gasteiger partial charge in [-0.1, -0.05) is 52.3 Å². The summed E-state index contributed by atoms with van der Waals surface area (Å²) in [5.41, 5.74) is 1.75. The molecule has 0 saturated heterocycles. The number of halogens is 2. The Morgan fingerprint density at radius 2 is 1.88 bits per heavy atom. The number of hydrogen-bond donors (Lipinski definition) is 1. The van der Waals surface area contributed by atoms with Gasteiger partial charge in [-0.25, -0.2) is 0 Å². The summed E-state index contributed by atoms with van der Waals surface area (Å²) in [6, 6.07) is 15.4. The molecular formula is C18H14Br2N2O2. The van der Waals surface area contributed by atoms with Gasteiger partial charge in [0.2, 0.25) is 0 Å². The second-order valence-electron chi connectivity index (χ2n) is 5.12.